The van der Waals surface area contributed by atoms with Crippen LogP contribution in [0.25, 0.3) is 0 Å². The van der Waals surface area contributed by atoms with E-state index in [4.69, 9.17) is 14.2 Å². The molecule has 3 nitrogen and oxygen atoms in total. The van der Waals surface area contributed by atoms with E-state index in [1.165, 1.54) is 12.1 Å². The molecule has 0 heterocycles. The standard InChI is InChI=1S/C16H16F2O3/c1-3-20-13-8-9-14(16(18)15(13)17)21-10-11-4-6-12(19-2)7-5-11/h4-9H,3,10H2,1-2H3. The Hall–Kier alpha value is -2.30. The van der Waals surface area contributed by atoms with E-state index < -0.39 is 11.6 Å². The second-order valence-electron chi connectivity index (χ2n) is 4.26. The van der Waals surface area contributed by atoms with Gasteiger partial charge in [0.05, 0.1) is 13.7 Å². The molecule has 0 radical (unpaired) electrons. The van der Waals surface area contributed by atoms with Gasteiger partial charge in [-0.05, 0) is 36.8 Å². The van der Waals surface area contributed by atoms with E-state index in [-0.39, 0.29) is 24.7 Å². The molecular weight excluding hydrogens is 278 g/mol. The van der Waals surface area contributed by atoms with Gasteiger partial charge in [-0.1, -0.05) is 12.1 Å². The molecule has 5 heteroatoms. The highest BCUT2D eigenvalue weighted by Crippen LogP contribution is 2.28. The monoisotopic (exact) mass is 294 g/mol. The molecule has 0 aromatic heterocycles. The smallest absolute Gasteiger partial charge is 0.204 e. The van der Waals surface area contributed by atoms with Crippen molar-refractivity contribution in [2.45, 2.75) is 13.5 Å². The summed E-state index contributed by atoms with van der Waals surface area (Å²) in [6.07, 6.45) is 0. The number of rotatable bonds is 6. The van der Waals surface area contributed by atoms with E-state index in [0.717, 1.165) is 11.3 Å². The Morgan fingerprint density at radius 2 is 1.43 bits per heavy atom. The van der Waals surface area contributed by atoms with Gasteiger partial charge in [-0.2, -0.15) is 8.78 Å². The molecule has 0 N–H and O–H groups in total. The van der Waals surface area contributed by atoms with E-state index in [1.807, 2.05) is 0 Å². The molecule has 0 atom stereocenters. The molecule has 0 saturated carbocycles. The van der Waals surface area contributed by atoms with Gasteiger partial charge in [-0.25, -0.2) is 0 Å². The first-order valence-electron chi connectivity index (χ1n) is 6.52. The van der Waals surface area contributed by atoms with Gasteiger partial charge >= 0.3 is 0 Å². The van der Waals surface area contributed by atoms with Gasteiger partial charge in [0.2, 0.25) is 11.6 Å². The SMILES string of the molecule is CCOc1ccc(OCc2ccc(OC)cc2)c(F)c1F. The minimum absolute atomic E-state index is 0.119. The van der Waals surface area contributed by atoms with E-state index in [1.54, 1.807) is 38.3 Å². The fourth-order valence-corrected chi connectivity index (χ4v) is 1.78. The normalized spacial score (nSPS) is 10.3. The maximum Gasteiger partial charge on any atom is 0.204 e. The predicted molar refractivity (Wildman–Crippen MR) is 74.9 cm³/mol. The minimum Gasteiger partial charge on any atom is -0.497 e. The van der Waals surface area contributed by atoms with Gasteiger partial charge in [-0.15, -0.1) is 0 Å². The highest BCUT2D eigenvalue weighted by Gasteiger charge is 2.15. The highest BCUT2D eigenvalue weighted by molar-refractivity contribution is 5.35. The summed E-state index contributed by atoms with van der Waals surface area (Å²) in [5.74, 6) is -1.63. The van der Waals surface area contributed by atoms with Crippen molar-refractivity contribution >= 4 is 0 Å². The summed E-state index contributed by atoms with van der Waals surface area (Å²) in [7, 11) is 1.57. The molecule has 0 aliphatic rings. The van der Waals surface area contributed by atoms with Crippen molar-refractivity contribution in [2.75, 3.05) is 13.7 Å². The van der Waals surface area contributed by atoms with Gasteiger partial charge in [0, 0.05) is 0 Å². The summed E-state index contributed by atoms with van der Waals surface area (Å²) in [6, 6.07) is 9.84. The number of halogens is 2. The first-order chi connectivity index (χ1) is 10.2. The number of ether oxygens (including phenoxy) is 3. The quantitative estimate of drug-likeness (QED) is 0.807. The van der Waals surface area contributed by atoms with Crippen molar-refractivity contribution in [3.8, 4) is 17.2 Å². The highest BCUT2D eigenvalue weighted by atomic mass is 19.2. The third-order valence-electron chi connectivity index (χ3n) is 2.86. The third-order valence-corrected chi connectivity index (χ3v) is 2.86. The van der Waals surface area contributed by atoms with Gasteiger partial charge < -0.3 is 14.2 Å². The van der Waals surface area contributed by atoms with Crippen molar-refractivity contribution in [3.05, 3.63) is 53.6 Å². The second kappa shape index (κ2) is 6.92. The van der Waals surface area contributed by atoms with Crippen LogP contribution in [-0.4, -0.2) is 13.7 Å². The van der Waals surface area contributed by atoms with E-state index in [9.17, 15) is 8.78 Å². The van der Waals surface area contributed by atoms with Crippen LogP contribution in [-0.2, 0) is 6.61 Å². The Kier molecular flexibility index (Phi) is 4.98. The molecule has 0 bridgehead atoms. The largest absolute Gasteiger partial charge is 0.497 e. The zero-order valence-electron chi connectivity index (χ0n) is 11.9. The number of benzene rings is 2. The van der Waals surface area contributed by atoms with Crippen molar-refractivity contribution in [1.82, 2.24) is 0 Å². The van der Waals surface area contributed by atoms with Gasteiger partial charge in [0.15, 0.2) is 11.5 Å². The van der Waals surface area contributed by atoms with E-state index in [0.29, 0.717) is 0 Å². The lowest BCUT2D eigenvalue weighted by molar-refractivity contribution is 0.274. The summed E-state index contributed by atoms with van der Waals surface area (Å²) in [5, 5.41) is 0. The molecule has 0 amide bonds. The Balaban J connectivity index is 2.07. The fourth-order valence-electron chi connectivity index (χ4n) is 1.78. The molecule has 0 unspecified atom stereocenters. The molecule has 2 aromatic carbocycles. The summed E-state index contributed by atoms with van der Waals surface area (Å²) in [6.45, 7) is 2.10. The van der Waals surface area contributed by atoms with Gasteiger partial charge in [0.25, 0.3) is 0 Å². The molecule has 0 saturated heterocycles. The second-order valence-corrected chi connectivity index (χ2v) is 4.26. The van der Waals surface area contributed by atoms with Crippen LogP contribution in [0.1, 0.15) is 12.5 Å². The van der Waals surface area contributed by atoms with Crippen molar-refractivity contribution in [2.24, 2.45) is 0 Å². The maximum atomic E-state index is 13.8. The Morgan fingerprint density at radius 1 is 0.857 bits per heavy atom. The lowest BCUT2D eigenvalue weighted by Crippen LogP contribution is -2.02. The molecular formula is C16H16F2O3. The van der Waals surface area contributed by atoms with Crippen molar-refractivity contribution in [3.63, 3.8) is 0 Å². The predicted octanol–water partition coefficient (Wildman–Crippen LogP) is 3.95. The molecule has 112 valence electrons. The van der Waals surface area contributed by atoms with Crippen molar-refractivity contribution < 1.29 is 23.0 Å². The summed E-state index contributed by atoms with van der Waals surface area (Å²) < 4.78 is 42.8. The number of hydrogen-bond acceptors (Lipinski definition) is 3. The molecule has 2 aromatic rings. The minimum atomic E-state index is -1.05. The van der Waals surface area contributed by atoms with Crippen LogP contribution in [0.2, 0.25) is 0 Å². The lowest BCUT2D eigenvalue weighted by atomic mass is 10.2. The number of hydrogen-bond donors (Lipinski definition) is 0. The first-order valence-corrected chi connectivity index (χ1v) is 6.52. The van der Waals surface area contributed by atoms with Crippen LogP contribution in [0.5, 0.6) is 17.2 Å². The van der Waals surface area contributed by atoms with Crippen molar-refractivity contribution in [1.29, 1.82) is 0 Å². The van der Waals surface area contributed by atoms with Crippen LogP contribution in [0.4, 0.5) is 8.78 Å². The first kappa shape index (κ1) is 15.1. The van der Waals surface area contributed by atoms with Crippen LogP contribution in [0.15, 0.2) is 36.4 Å². The lowest BCUT2D eigenvalue weighted by Gasteiger charge is -2.11. The average Bonchev–Trinajstić information content (AvgIpc) is 2.52. The van der Waals surface area contributed by atoms with Crippen LogP contribution in [0.3, 0.4) is 0 Å². The molecule has 0 fully saturated rings. The Labute approximate surface area is 122 Å². The van der Waals surface area contributed by atoms with Gasteiger partial charge in [-0.3, -0.25) is 0 Å². The molecule has 0 spiro atoms. The number of methoxy groups -OCH3 is 1. The topological polar surface area (TPSA) is 27.7 Å². The summed E-state index contributed by atoms with van der Waals surface area (Å²) in [4.78, 5) is 0. The van der Waals surface area contributed by atoms with Crippen LogP contribution in [0, 0.1) is 11.6 Å². The summed E-state index contributed by atoms with van der Waals surface area (Å²) >= 11 is 0. The molecule has 2 rings (SSSR count). The fraction of sp³-hybridized carbons (Fsp3) is 0.250. The van der Waals surface area contributed by atoms with Crippen LogP contribution >= 0.6 is 0 Å². The maximum absolute atomic E-state index is 13.8. The van der Waals surface area contributed by atoms with E-state index in [2.05, 4.69) is 0 Å². The van der Waals surface area contributed by atoms with Crippen LogP contribution < -0.4 is 14.2 Å². The Morgan fingerprint density at radius 3 is 1.95 bits per heavy atom. The molecule has 21 heavy (non-hydrogen) atoms. The molecule has 0 aliphatic heterocycles. The Bertz CT molecular complexity index is 597. The van der Waals surface area contributed by atoms with Gasteiger partial charge in [0.1, 0.15) is 12.4 Å². The van der Waals surface area contributed by atoms with E-state index >= 15 is 0 Å². The zero-order chi connectivity index (χ0) is 15.2. The average molecular weight is 294 g/mol. The third kappa shape index (κ3) is 3.62. The summed E-state index contributed by atoms with van der Waals surface area (Å²) in [5.41, 5.74) is 0.824. The zero-order valence-corrected chi connectivity index (χ0v) is 11.9. The molecule has 0 aliphatic carbocycles.